The van der Waals surface area contributed by atoms with Crippen molar-refractivity contribution in [2.75, 3.05) is 0 Å². The van der Waals surface area contributed by atoms with E-state index >= 15 is 0 Å². The summed E-state index contributed by atoms with van der Waals surface area (Å²) < 4.78 is 0. The van der Waals surface area contributed by atoms with Crippen molar-refractivity contribution in [2.24, 2.45) is 17.3 Å². The lowest BCUT2D eigenvalue weighted by molar-refractivity contribution is 0.199. The van der Waals surface area contributed by atoms with Gasteiger partial charge in [-0.2, -0.15) is 0 Å². The number of rotatable bonds is 2. The number of hydrogen-bond donors (Lipinski definition) is 0. The first kappa shape index (κ1) is 9.09. The highest BCUT2D eigenvalue weighted by Crippen LogP contribution is 2.49. The Morgan fingerprint density at radius 1 is 1.36 bits per heavy atom. The van der Waals surface area contributed by atoms with Gasteiger partial charge in [-0.1, -0.05) is 34.1 Å². The summed E-state index contributed by atoms with van der Waals surface area (Å²) in [5.74, 6) is 1.91. The third kappa shape index (κ3) is 1.60. The predicted octanol–water partition coefficient (Wildman–Crippen LogP) is 3.86. The van der Waals surface area contributed by atoms with Crippen LogP contribution in [0.1, 0.15) is 53.4 Å². The van der Waals surface area contributed by atoms with Gasteiger partial charge in [-0.15, -0.1) is 0 Å². The standard InChI is InChI=1S/C11H22/c1-5-7-11(4)8-6-9(2)10(11)3/h9-10H,5-8H2,1-4H3. The molecule has 0 nitrogen and oxygen atoms in total. The zero-order valence-corrected chi connectivity index (χ0v) is 8.48. The van der Waals surface area contributed by atoms with Crippen LogP contribution < -0.4 is 0 Å². The Morgan fingerprint density at radius 3 is 2.36 bits per heavy atom. The smallest absolute Gasteiger partial charge is 0.0298 e. The molecule has 0 aromatic heterocycles. The first-order chi connectivity index (χ1) is 5.10. The highest BCUT2D eigenvalue weighted by molar-refractivity contribution is 4.89. The van der Waals surface area contributed by atoms with Crippen molar-refractivity contribution in [2.45, 2.75) is 53.4 Å². The minimum Gasteiger partial charge on any atom is -0.0654 e. The molecule has 66 valence electrons. The zero-order valence-electron chi connectivity index (χ0n) is 8.48. The molecule has 0 aromatic carbocycles. The maximum Gasteiger partial charge on any atom is -0.0298 e. The van der Waals surface area contributed by atoms with Crippen LogP contribution in [0.3, 0.4) is 0 Å². The molecule has 1 saturated carbocycles. The topological polar surface area (TPSA) is 0 Å². The van der Waals surface area contributed by atoms with Crippen molar-refractivity contribution in [3.05, 3.63) is 0 Å². The SMILES string of the molecule is CCCC1(C)CCC(C)C1C. The molecule has 0 radical (unpaired) electrons. The largest absolute Gasteiger partial charge is 0.0654 e. The lowest BCUT2D eigenvalue weighted by Crippen LogP contribution is -2.21. The van der Waals surface area contributed by atoms with Crippen molar-refractivity contribution < 1.29 is 0 Å². The summed E-state index contributed by atoms with van der Waals surface area (Å²) in [5, 5.41) is 0. The first-order valence-corrected chi connectivity index (χ1v) is 5.10. The highest BCUT2D eigenvalue weighted by atomic mass is 14.4. The van der Waals surface area contributed by atoms with Crippen LogP contribution in [0.15, 0.2) is 0 Å². The van der Waals surface area contributed by atoms with Gasteiger partial charge in [0.25, 0.3) is 0 Å². The Kier molecular flexibility index (Phi) is 2.61. The molecule has 0 heteroatoms. The second kappa shape index (κ2) is 3.16. The van der Waals surface area contributed by atoms with E-state index in [1.165, 1.54) is 25.7 Å². The summed E-state index contributed by atoms with van der Waals surface area (Å²) in [5.41, 5.74) is 0.675. The summed E-state index contributed by atoms with van der Waals surface area (Å²) in [7, 11) is 0. The normalized spacial score (nSPS) is 44.7. The van der Waals surface area contributed by atoms with Crippen LogP contribution >= 0.6 is 0 Å². The van der Waals surface area contributed by atoms with Crippen LogP contribution in [0.4, 0.5) is 0 Å². The van der Waals surface area contributed by atoms with Gasteiger partial charge < -0.3 is 0 Å². The molecule has 0 amide bonds. The van der Waals surface area contributed by atoms with Crippen molar-refractivity contribution in [1.82, 2.24) is 0 Å². The molecule has 0 heterocycles. The van der Waals surface area contributed by atoms with Gasteiger partial charge in [-0.3, -0.25) is 0 Å². The molecule has 11 heavy (non-hydrogen) atoms. The molecule has 1 aliphatic carbocycles. The minimum atomic E-state index is 0.675. The molecule has 0 saturated heterocycles. The molecule has 0 aromatic rings. The predicted molar refractivity (Wildman–Crippen MR) is 50.6 cm³/mol. The Hall–Kier alpha value is 0. The van der Waals surface area contributed by atoms with E-state index in [0.717, 1.165) is 11.8 Å². The van der Waals surface area contributed by atoms with Gasteiger partial charge >= 0.3 is 0 Å². The second-order valence-electron chi connectivity index (χ2n) is 4.71. The van der Waals surface area contributed by atoms with Crippen LogP contribution in [0, 0.1) is 17.3 Å². The third-order valence-electron chi connectivity index (χ3n) is 3.94. The van der Waals surface area contributed by atoms with E-state index in [2.05, 4.69) is 27.7 Å². The summed E-state index contributed by atoms with van der Waals surface area (Å²) in [6.07, 6.45) is 5.70. The summed E-state index contributed by atoms with van der Waals surface area (Å²) >= 11 is 0. The van der Waals surface area contributed by atoms with Gasteiger partial charge in [0.2, 0.25) is 0 Å². The molecule has 3 atom stereocenters. The molecular formula is C11H22. The van der Waals surface area contributed by atoms with E-state index in [1.807, 2.05) is 0 Å². The van der Waals surface area contributed by atoms with E-state index in [0.29, 0.717) is 5.41 Å². The molecule has 0 N–H and O–H groups in total. The lowest BCUT2D eigenvalue weighted by Gasteiger charge is -2.30. The molecule has 1 rings (SSSR count). The average Bonchev–Trinajstić information content (AvgIpc) is 2.19. The Balaban J connectivity index is 2.57. The van der Waals surface area contributed by atoms with E-state index in [4.69, 9.17) is 0 Å². The molecule has 0 spiro atoms. The van der Waals surface area contributed by atoms with E-state index in [1.54, 1.807) is 0 Å². The van der Waals surface area contributed by atoms with E-state index in [9.17, 15) is 0 Å². The van der Waals surface area contributed by atoms with Crippen LogP contribution in [0.2, 0.25) is 0 Å². The number of hydrogen-bond acceptors (Lipinski definition) is 0. The summed E-state index contributed by atoms with van der Waals surface area (Å²) in [6, 6.07) is 0. The summed E-state index contributed by atoms with van der Waals surface area (Å²) in [4.78, 5) is 0. The van der Waals surface area contributed by atoms with Crippen molar-refractivity contribution >= 4 is 0 Å². The minimum absolute atomic E-state index is 0.675. The summed E-state index contributed by atoms with van der Waals surface area (Å²) in [6.45, 7) is 9.63. The van der Waals surface area contributed by atoms with Gasteiger partial charge in [-0.05, 0) is 36.5 Å². The van der Waals surface area contributed by atoms with Gasteiger partial charge in [0.05, 0.1) is 0 Å². The van der Waals surface area contributed by atoms with Crippen molar-refractivity contribution in [1.29, 1.82) is 0 Å². The molecule has 3 unspecified atom stereocenters. The van der Waals surface area contributed by atoms with Crippen molar-refractivity contribution in [3.63, 3.8) is 0 Å². The lowest BCUT2D eigenvalue weighted by atomic mass is 9.75. The van der Waals surface area contributed by atoms with Crippen molar-refractivity contribution in [3.8, 4) is 0 Å². The quantitative estimate of drug-likeness (QED) is 0.566. The second-order valence-corrected chi connectivity index (χ2v) is 4.71. The Labute approximate surface area is 71.4 Å². The molecular weight excluding hydrogens is 132 g/mol. The molecule has 1 aliphatic rings. The fourth-order valence-corrected chi connectivity index (χ4v) is 2.65. The molecule has 0 aliphatic heterocycles. The van der Waals surface area contributed by atoms with E-state index < -0.39 is 0 Å². The molecule has 1 fully saturated rings. The fourth-order valence-electron chi connectivity index (χ4n) is 2.65. The highest BCUT2D eigenvalue weighted by Gasteiger charge is 2.38. The average molecular weight is 154 g/mol. The Bertz CT molecular complexity index is 124. The van der Waals surface area contributed by atoms with Gasteiger partial charge in [-0.25, -0.2) is 0 Å². The van der Waals surface area contributed by atoms with Crippen LogP contribution in [0.25, 0.3) is 0 Å². The monoisotopic (exact) mass is 154 g/mol. The Morgan fingerprint density at radius 2 is 2.00 bits per heavy atom. The first-order valence-electron chi connectivity index (χ1n) is 5.10. The van der Waals surface area contributed by atoms with E-state index in [-0.39, 0.29) is 0 Å². The van der Waals surface area contributed by atoms with Gasteiger partial charge in [0.15, 0.2) is 0 Å². The fraction of sp³-hybridized carbons (Fsp3) is 1.00. The van der Waals surface area contributed by atoms with Crippen LogP contribution in [0.5, 0.6) is 0 Å². The zero-order chi connectivity index (χ0) is 8.48. The van der Waals surface area contributed by atoms with Gasteiger partial charge in [0.1, 0.15) is 0 Å². The molecule has 0 bridgehead atoms. The maximum absolute atomic E-state index is 2.48. The van der Waals surface area contributed by atoms with Gasteiger partial charge in [0, 0.05) is 0 Å². The third-order valence-corrected chi connectivity index (χ3v) is 3.94. The van der Waals surface area contributed by atoms with Crippen LogP contribution in [-0.4, -0.2) is 0 Å². The van der Waals surface area contributed by atoms with Crippen LogP contribution in [-0.2, 0) is 0 Å². The maximum atomic E-state index is 2.48.